The molecule has 52 heavy (non-hydrogen) atoms. The number of carbonyl (C=O) groups excluding carboxylic acids is 2. The summed E-state index contributed by atoms with van der Waals surface area (Å²) in [4.78, 5) is 29.0. The monoisotopic (exact) mass is 684 g/mol. The normalized spacial score (nSPS) is 11.0. The lowest BCUT2D eigenvalue weighted by Gasteiger charge is -2.27. The van der Waals surface area contributed by atoms with Gasteiger partial charge in [0, 0.05) is 51.8 Å². The van der Waals surface area contributed by atoms with Crippen molar-refractivity contribution in [1.29, 1.82) is 0 Å². The van der Waals surface area contributed by atoms with Crippen molar-refractivity contribution in [3.05, 3.63) is 140 Å². The molecule has 8 heteroatoms. The summed E-state index contributed by atoms with van der Waals surface area (Å²) in [6.45, 7) is 15.1. The molecule has 0 aliphatic carbocycles. The Kier molecular flexibility index (Phi) is 8.88. The molecule has 0 atom stereocenters. The Hall–Kier alpha value is -6.93. The Labute approximate surface area is 301 Å². The molecule has 0 spiro atoms. The number of esters is 2. The van der Waals surface area contributed by atoms with Crippen LogP contribution in [0.15, 0.2) is 133 Å². The number of nitrogens with one attached hydrogen (secondary N) is 2. The number of fused-ring (bicyclic) bond motifs is 6. The predicted molar refractivity (Wildman–Crippen MR) is 215 cm³/mol. The standard InChI is InChI=1S/C44H36N4O4/c1-7-38(49)51-36-17-11-15-33-40(36)32-24-19-26(3)25-35(32)43(42(33)45-5)46-28-20-22-29(23-21-28)47-48(6)44-27(4)30-13-9-10-14-31(30)41-34(44)16-12-18-37(41)52-39(50)8-2/h7-25,46-47H,1-2,5H2,3-4,6H3. The zero-order chi connectivity index (χ0) is 36.5. The number of ether oxygens (including phenoxy) is 2. The van der Waals surface area contributed by atoms with E-state index < -0.39 is 11.9 Å². The molecule has 0 saturated carbocycles. The number of nitrogens with zero attached hydrogens (tertiary/aromatic N) is 2. The number of hydrogen-bond donors (Lipinski definition) is 2. The molecule has 8 nitrogen and oxygen atoms in total. The van der Waals surface area contributed by atoms with Gasteiger partial charge in [-0.15, -0.1) is 0 Å². The molecule has 0 amide bonds. The Balaban J connectivity index is 1.25. The highest BCUT2D eigenvalue weighted by Gasteiger charge is 2.20. The minimum absolute atomic E-state index is 0.427. The van der Waals surface area contributed by atoms with Crippen molar-refractivity contribution < 1.29 is 19.1 Å². The van der Waals surface area contributed by atoms with Crippen LogP contribution < -0.4 is 25.2 Å². The van der Waals surface area contributed by atoms with E-state index in [-0.39, 0.29) is 0 Å². The first-order valence-corrected chi connectivity index (χ1v) is 16.7. The van der Waals surface area contributed by atoms with E-state index in [2.05, 4.69) is 54.7 Å². The van der Waals surface area contributed by atoms with Gasteiger partial charge in [-0.2, -0.15) is 0 Å². The van der Waals surface area contributed by atoms with Crippen LogP contribution in [0.25, 0.3) is 43.1 Å². The predicted octanol–water partition coefficient (Wildman–Crippen LogP) is 10.6. The van der Waals surface area contributed by atoms with E-state index in [0.29, 0.717) is 17.2 Å². The fraction of sp³-hybridized carbons (Fsp3) is 0.0682. The molecular weight excluding hydrogens is 649 g/mol. The van der Waals surface area contributed by atoms with Crippen LogP contribution in [0.2, 0.25) is 0 Å². The number of anilines is 4. The van der Waals surface area contributed by atoms with Gasteiger partial charge in [-0.05, 0) is 84.8 Å². The topological polar surface area (TPSA) is 92.3 Å². The Morgan fingerprint density at radius 2 is 1.23 bits per heavy atom. The van der Waals surface area contributed by atoms with E-state index in [1.54, 1.807) is 12.1 Å². The van der Waals surface area contributed by atoms with E-state index >= 15 is 0 Å². The summed E-state index contributed by atoms with van der Waals surface area (Å²) >= 11 is 0. The average Bonchev–Trinajstić information content (AvgIpc) is 3.15. The molecule has 7 aromatic carbocycles. The second-order valence-electron chi connectivity index (χ2n) is 12.4. The number of aryl methyl sites for hydroxylation is 2. The molecule has 0 unspecified atom stereocenters. The van der Waals surface area contributed by atoms with Gasteiger partial charge in [0.2, 0.25) is 0 Å². The van der Waals surface area contributed by atoms with E-state index in [1.165, 1.54) is 6.08 Å². The minimum Gasteiger partial charge on any atom is -0.423 e. The Morgan fingerprint density at radius 1 is 0.673 bits per heavy atom. The highest BCUT2D eigenvalue weighted by atomic mass is 16.5. The van der Waals surface area contributed by atoms with Crippen LogP contribution in [0.4, 0.5) is 28.4 Å². The summed E-state index contributed by atoms with van der Waals surface area (Å²) in [6.07, 6.45) is 2.31. The summed E-state index contributed by atoms with van der Waals surface area (Å²) in [7, 11) is 1.97. The molecule has 0 bridgehead atoms. The van der Waals surface area contributed by atoms with Crippen LogP contribution in [-0.2, 0) is 9.59 Å². The molecule has 0 heterocycles. The molecule has 2 N–H and O–H groups in total. The Bertz CT molecular complexity index is 2610. The van der Waals surface area contributed by atoms with Gasteiger partial charge < -0.3 is 14.8 Å². The van der Waals surface area contributed by atoms with Gasteiger partial charge in [-0.1, -0.05) is 79.4 Å². The lowest BCUT2D eigenvalue weighted by Crippen LogP contribution is -2.25. The average molecular weight is 685 g/mol. The second-order valence-corrected chi connectivity index (χ2v) is 12.4. The van der Waals surface area contributed by atoms with Crippen molar-refractivity contribution in [2.75, 3.05) is 22.8 Å². The first-order valence-electron chi connectivity index (χ1n) is 16.7. The number of hydrogen-bond acceptors (Lipinski definition) is 8. The van der Waals surface area contributed by atoms with Crippen LogP contribution in [0.5, 0.6) is 11.5 Å². The molecule has 0 aromatic heterocycles. The van der Waals surface area contributed by atoms with Crippen molar-refractivity contribution >= 4 is 90.2 Å². The fourth-order valence-corrected chi connectivity index (χ4v) is 6.93. The van der Waals surface area contributed by atoms with E-state index in [4.69, 9.17) is 9.47 Å². The van der Waals surface area contributed by atoms with E-state index in [9.17, 15) is 9.59 Å². The van der Waals surface area contributed by atoms with Gasteiger partial charge in [-0.3, -0.25) is 15.4 Å². The van der Waals surface area contributed by atoms with Crippen molar-refractivity contribution in [2.24, 2.45) is 4.99 Å². The lowest BCUT2D eigenvalue weighted by atomic mass is 9.95. The molecule has 7 rings (SSSR count). The number of aliphatic imine (C=N–C) groups is 1. The van der Waals surface area contributed by atoms with Gasteiger partial charge in [-0.25, -0.2) is 9.59 Å². The van der Waals surface area contributed by atoms with Crippen molar-refractivity contribution in [3.8, 4) is 11.5 Å². The van der Waals surface area contributed by atoms with Crippen molar-refractivity contribution in [2.45, 2.75) is 13.8 Å². The maximum atomic E-state index is 12.3. The molecular formula is C44H36N4O4. The fourth-order valence-electron chi connectivity index (χ4n) is 6.93. The maximum absolute atomic E-state index is 12.3. The van der Waals surface area contributed by atoms with E-state index in [0.717, 1.165) is 83.0 Å². The Morgan fingerprint density at radius 3 is 1.87 bits per heavy atom. The summed E-state index contributed by atoms with van der Waals surface area (Å²) in [5.74, 6) is -0.149. The summed E-state index contributed by atoms with van der Waals surface area (Å²) in [6, 6.07) is 33.5. The summed E-state index contributed by atoms with van der Waals surface area (Å²) < 4.78 is 11.4. The molecule has 0 aliphatic heterocycles. The van der Waals surface area contributed by atoms with E-state index in [1.807, 2.05) is 97.8 Å². The maximum Gasteiger partial charge on any atom is 0.335 e. The summed E-state index contributed by atoms with van der Waals surface area (Å²) in [5.41, 5.74) is 9.76. The van der Waals surface area contributed by atoms with Gasteiger partial charge >= 0.3 is 11.9 Å². The molecule has 0 saturated heterocycles. The minimum atomic E-state index is -0.537. The number of benzene rings is 7. The van der Waals surface area contributed by atoms with Crippen LogP contribution in [-0.4, -0.2) is 25.7 Å². The number of carbonyl (C=O) groups is 2. The molecule has 0 fully saturated rings. The van der Waals surface area contributed by atoms with Crippen LogP contribution in [0, 0.1) is 13.8 Å². The third kappa shape index (κ3) is 5.96. The number of rotatable bonds is 10. The number of hydrazine groups is 1. The van der Waals surface area contributed by atoms with Gasteiger partial charge in [0.05, 0.1) is 22.7 Å². The first-order chi connectivity index (χ1) is 25.2. The summed E-state index contributed by atoms with van der Waals surface area (Å²) in [5, 5.41) is 12.8. The molecule has 0 aliphatic rings. The highest BCUT2D eigenvalue weighted by molar-refractivity contribution is 6.22. The zero-order valence-electron chi connectivity index (χ0n) is 29.1. The second kappa shape index (κ2) is 13.8. The molecule has 0 radical (unpaired) electrons. The van der Waals surface area contributed by atoms with Crippen LogP contribution in [0.3, 0.4) is 0 Å². The van der Waals surface area contributed by atoms with Crippen LogP contribution in [0.1, 0.15) is 11.1 Å². The van der Waals surface area contributed by atoms with Gasteiger partial charge in [0.15, 0.2) is 0 Å². The van der Waals surface area contributed by atoms with Crippen LogP contribution >= 0.6 is 0 Å². The SMILES string of the molecule is C=CC(=O)Oc1cccc2c(N=C)c(Nc3ccc(NN(C)c4c(C)c5ccccc5c5c(OC(=O)C=C)cccc45)cc3)c3cc(C)ccc3c12. The third-order valence-electron chi connectivity index (χ3n) is 9.17. The smallest absolute Gasteiger partial charge is 0.335 e. The molecule has 256 valence electrons. The lowest BCUT2D eigenvalue weighted by molar-refractivity contribution is -0.129. The van der Waals surface area contributed by atoms with Crippen molar-refractivity contribution in [1.82, 2.24) is 0 Å². The van der Waals surface area contributed by atoms with Crippen molar-refractivity contribution in [3.63, 3.8) is 0 Å². The van der Waals surface area contributed by atoms with Gasteiger partial charge in [0.25, 0.3) is 0 Å². The largest absolute Gasteiger partial charge is 0.423 e. The quantitative estimate of drug-likeness (QED) is 0.0370. The highest BCUT2D eigenvalue weighted by Crippen LogP contribution is 2.47. The first kappa shape index (κ1) is 33.6. The zero-order valence-corrected chi connectivity index (χ0v) is 29.1. The third-order valence-corrected chi connectivity index (χ3v) is 9.17. The molecule has 7 aromatic rings. The van der Waals surface area contributed by atoms with Gasteiger partial charge in [0.1, 0.15) is 11.5 Å².